The van der Waals surface area contributed by atoms with Crippen molar-refractivity contribution in [2.24, 2.45) is 0 Å². The number of hydrogen-bond acceptors (Lipinski definition) is 6. The van der Waals surface area contributed by atoms with Crippen molar-refractivity contribution in [1.29, 1.82) is 0 Å². The Morgan fingerprint density at radius 2 is 2.00 bits per heavy atom. The average molecular weight is 372 g/mol. The van der Waals surface area contributed by atoms with Crippen LogP contribution in [-0.2, 0) is 9.53 Å². The highest BCUT2D eigenvalue weighted by atomic mass is 32.2. The van der Waals surface area contributed by atoms with Crippen molar-refractivity contribution in [2.75, 3.05) is 24.2 Å². The highest BCUT2D eigenvalue weighted by Gasteiger charge is 2.16. The number of anilines is 1. The monoisotopic (exact) mass is 372 g/mol. The van der Waals surface area contributed by atoms with Crippen LogP contribution in [0.25, 0.3) is 0 Å². The van der Waals surface area contributed by atoms with E-state index in [0.717, 1.165) is 19.4 Å². The topological polar surface area (TPSA) is 93.2 Å². The van der Waals surface area contributed by atoms with Crippen molar-refractivity contribution in [3.05, 3.63) is 48.0 Å². The number of thioether (sulfide) groups is 1. The van der Waals surface area contributed by atoms with Crippen LogP contribution in [0.5, 0.6) is 0 Å². The molecule has 136 valence electrons. The lowest BCUT2D eigenvalue weighted by atomic mass is 10.2. The summed E-state index contributed by atoms with van der Waals surface area (Å²) in [6.07, 6.45) is 2.18. The number of nitrogens with one attached hydrogen (secondary N) is 2. The van der Waals surface area contributed by atoms with E-state index >= 15 is 0 Å². The highest BCUT2D eigenvalue weighted by molar-refractivity contribution is 7.99. The first kappa shape index (κ1) is 18.3. The first-order chi connectivity index (χ1) is 12.7. The lowest BCUT2D eigenvalue weighted by Crippen LogP contribution is -2.32. The van der Waals surface area contributed by atoms with Crippen LogP contribution < -0.4 is 10.6 Å². The van der Waals surface area contributed by atoms with Gasteiger partial charge in [0.2, 0.25) is 5.91 Å². The zero-order chi connectivity index (χ0) is 18.2. The Kier molecular flexibility index (Phi) is 6.56. The molecule has 3 rings (SSSR count). The number of rotatable bonds is 7. The van der Waals surface area contributed by atoms with Crippen LogP contribution >= 0.6 is 11.8 Å². The molecule has 0 unspecified atom stereocenters. The van der Waals surface area contributed by atoms with Gasteiger partial charge in [-0.15, -0.1) is 10.2 Å². The first-order valence-corrected chi connectivity index (χ1v) is 9.40. The fraction of sp³-hybridized carbons (Fsp3) is 0.333. The SMILES string of the molecule is O=C(CSc1ccc(NC(=O)c2ccccc2)nn1)NC[C@@H]1CCCO1. The van der Waals surface area contributed by atoms with Crippen LogP contribution in [0.3, 0.4) is 0 Å². The Labute approximate surface area is 155 Å². The Balaban J connectivity index is 1.42. The van der Waals surface area contributed by atoms with E-state index in [0.29, 0.717) is 23.0 Å². The molecule has 0 spiro atoms. The third-order valence-electron chi connectivity index (χ3n) is 3.82. The summed E-state index contributed by atoms with van der Waals surface area (Å²) in [6, 6.07) is 12.3. The standard InChI is InChI=1S/C18H20N4O3S/c23-16(19-11-14-7-4-10-25-14)12-26-17-9-8-15(21-22-17)20-18(24)13-5-2-1-3-6-13/h1-3,5-6,8-9,14H,4,7,10-12H2,(H,19,23)(H,20,21,24)/t14-/m0/s1. The molecule has 0 bridgehead atoms. The predicted octanol–water partition coefficient (Wildman–Crippen LogP) is 2.12. The molecule has 2 aromatic rings. The van der Waals surface area contributed by atoms with Crippen molar-refractivity contribution in [2.45, 2.75) is 24.0 Å². The van der Waals surface area contributed by atoms with Gasteiger partial charge in [-0.25, -0.2) is 0 Å². The molecule has 7 nitrogen and oxygen atoms in total. The van der Waals surface area contributed by atoms with E-state index in [1.54, 1.807) is 36.4 Å². The largest absolute Gasteiger partial charge is 0.376 e. The van der Waals surface area contributed by atoms with E-state index in [-0.39, 0.29) is 23.7 Å². The molecule has 2 N–H and O–H groups in total. The van der Waals surface area contributed by atoms with Gasteiger partial charge in [0.1, 0.15) is 5.03 Å². The molecule has 0 saturated carbocycles. The summed E-state index contributed by atoms with van der Waals surface area (Å²) in [7, 11) is 0. The summed E-state index contributed by atoms with van der Waals surface area (Å²) < 4.78 is 5.46. The smallest absolute Gasteiger partial charge is 0.256 e. The lowest BCUT2D eigenvalue weighted by Gasteiger charge is -2.10. The van der Waals surface area contributed by atoms with Crippen LogP contribution in [0.4, 0.5) is 5.82 Å². The minimum atomic E-state index is -0.242. The maximum Gasteiger partial charge on any atom is 0.256 e. The summed E-state index contributed by atoms with van der Waals surface area (Å²) in [6.45, 7) is 1.33. The molecule has 26 heavy (non-hydrogen) atoms. The van der Waals surface area contributed by atoms with Crippen molar-refractivity contribution in [3.63, 3.8) is 0 Å². The number of carbonyl (C=O) groups is 2. The first-order valence-electron chi connectivity index (χ1n) is 8.42. The summed E-state index contributed by atoms with van der Waals surface area (Å²) in [4.78, 5) is 23.9. The van der Waals surface area contributed by atoms with Crippen molar-refractivity contribution in [3.8, 4) is 0 Å². The molecule has 0 aliphatic carbocycles. The van der Waals surface area contributed by atoms with Crippen molar-refractivity contribution in [1.82, 2.24) is 15.5 Å². The van der Waals surface area contributed by atoms with Crippen LogP contribution in [0.15, 0.2) is 47.5 Å². The van der Waals surface area contributed by atoms with Gasteiger partial charge in [0, 0.05) is 18.7 Å². The van der Waals surface area contributed by atoms with Crippen LogP contribution in [0.2, 0.25) is 0 Å². The molecule has 1 atom stereocenters. The van der Waals surface area contributed by atoms with Gasteiger partial charge in [-0.05, 0) is 37.1 Å². The number of amides is 2. The molecule has 1 fully saturated rings. The Morgan fingerprint density at radius 1 is 1.15 bits per heavy atom. The van der Waals surface area contributed by atoms with Crippen molar-refractivity contribution >= 4 is 29.4 Å². The minimum Gasteiger partial charge on any atom is -0.376 e. The van der Waals surface area contributed by atoms with E-state index in [1.807, 2.05) is 6.07 Å². The van der Waals surface area contributed by atoms with Gasteiger partial charge in [-0.1, -0.05) is 30.0 Å². The molecule has 1 aromatic heterocycles. The second kappa shape index (κ2) is 9.30. The third-order valence-corrected chi connectivity index (χ3v) is 4.74. The lowest BCUT2D eigenvalue weighted by molar-refractivity contribution is -0.119. The molecule has 0 radical (unpaired) electrons. The summed E-state index contributed by atoms with van der Waals surface area (Å²) in [5.41, 5.74) is 0.552. The van der Waals surface area contributed by atoms with Crippen LogP contribution in [0, 0.1) is 0 Å². The Hall–Kier alpha value is -2.45. The highest BCUT2D eigenvalue weighted by Crippen LogP contribution is 2.16. The van der Waals surface area contributed by atoms with Gasteiger partial charge in [0.15, 0.2) is 5.82 Å². The molecular formula is C18H20N4O3S. The average Bonchev–Trinajstić information content (AvgIpc) is 3.20. The van der Waals surface area contributed by atoms with Gasteiger partial charge in [0.05, 0.1) is 11.9 Å². The van der Waals surface area contributed by atoms with Gasteiger partial charge in [-0.2, -0.15) is 0 Å². The maximum atomic E-state index is 12.0. The van der Waals surface area contributed by atoms with E-state index in [9.17, 15) is 9.59 Å². The molecule has 8 heteroatoms. The second-order valence-electron chi connectivity index (χ2n) is 5.80. The number of aromatic nitrogens is 2. The van der Waals surface area contributed by atoms with Gasteiger partial charge >= 0.3 is 0 Å². The summed E-state index contributed by atoms with van der Waals surface area (Å²) in [5.74, 6) is 0.325. The minimum absolute atomic E-state index is 0.0613. The molecule has 1 aliphatic rings. The summed E-state index contributed by atoms with van der Waals surface area (Å²) >= 11 is 1.30. The van der Waals surface area contributed by atoms with Crippen molar-refractivity contribution < 1.29 is 14.3 Å². The zero-order valence-electron chi connectivity index (χ0n) is 14.2. The number of nitrogens with zero attached hydrogens (tertiary/aromatic N) is 2. The van der Waals surface area contributed by atoms with Crippen LogP contribution in [-0.4, -0.2) is 47.0 Å². The van der Waals surface area contributed by atoms with Crippen LogP contribution in [0.1, 0.15) is 23.2 Å². The number of ether oxygens (including phenoxy) is 1. The van der Waals surface area contributed by atoms with E-state index in [1.165, 1.54) is 11.8 Å². The maximum absolute atomic E-state index is 12.0. The van der Waals surface area contributed by atoms with E-state index < -0.39 is 0 Å². The number of benzene rings is 1. The molecular weight excluding hydrogens is 352 g/mol. The van der Waals surface area contributed by atoms with E-state index in [4.69, 9.17) is 4.74 Å². The fourth-order valence-electron chi connectivity index (χ4n) is 2.47. The van der Waals surface area contributed by atoms with Gasteiger partial charge in [-0.3, -0.25) is 9.59 Å². The number of hydrogen-bond donors (Lipinski definition) is 2. The zero-order valence-corrected chi connectivity index (χ0v) is 15.0. The molecule has 1 saturated heterocycles. The molecule has 2 heterocycles. The normalized spacial score (nSPS) is 16.2. The fourth-order valence-corrected chi connectivity index (χ4v) is 3.11. The molecule has 1 aromatic carbocycles. The molecule has 2 amide bonds. The number of carbonyl (C=O) groups excluding carboxylic acids is 2. The van der Waals surface area contributed by atoms with Gasteiger partial charge in [0.25, 0.3) is 5.91 Å². The third kappa shape index (κ3) is 5.53. The van der Waals surface area contributed by atoms with Gasteiger partial charge < -0.3 is 15.4 Å². The van der Waals surface area contributed by atoms with E-state index in [2.05, 4.69) is 20.8 Å². The summed E-state index contributed by atoms with van der Waals surface area (Å²) in [5, 5.41) is 14.2. The predicted molar refractivity (Wildman–Crippen MR) is 99.1 cm³/mol. The quantitative estimate of drug-likeness (QED) is 0.723. The second-order valence-corrected chi connectivity index (χ2v) is 6.80. The Morgan fingerprint density at radius 3 is 2.69 bits per heavy atom. The molecule has 1 aliphatic heterocycles. The Bertz CT molecular complexity index is 734.